The van der Waals surface area contributed by atoms with Crippen LogP contribution in [0.1, 0.15) is 36.3 Å². The van der Waals surface area contributed by atoms with Gasteiger partial charge in [-0.1, -0.05) is 30.3 Å². The van der Waals surface area contributed by atoms with Gasteiger partial charge in [-0.2, -0.15) is 0 Å². The third kappa shape index (κ3) is 3.96. The molecule has 1 aromatic carbocycles. The zero-order chi connectivity index (χ0) is 16.8. The molecular formula is C20H21NO3. The first-order valence-corrected chi connectivity index (χ1v) is 8.10. The minimum absolute atomic E-state index is 0.0395. The Morgan fingerprint density at radius 3 is 2.38 bits per heavy atom. The van der Waals surface area contributed by atoms with Crippen molar-refractivity contribution in [1.29, 1.82) is 0 Å². The summed E-state index contributed by atoms with van der Waals surface area (Å²) in [5, 5.41) is 0. The van der Waals surface area contributed by atoms with Gasteiger partial charge in [-0.3, -0.25) is 4.79 Å². The van der Waals surface area contributed by atoms with Gasteiger partial charge in [-0.15, -0.1) is 0 Å². The Morgan fingerprint density at radius 2 is 1.75 bits per heavy atom. The minimum atomic E-state index is 0.0395. The Labute approximate surface area is 141 Å². The fourth-order valence-electron chi connectivity index (χ4n) is 2.87. The highest BCUT2D eigenvalue weighted by Gasteiger charge is 2.19. The number of furan rings is 2. The SMILES string of the molecule is CC(=O)N(CC[C@H](c1ccccc1)c1ccco1)Cc1ccco1. The van der Waals surface area contributed by atoms with Crippen LogP contribution in [0.15, 0.2) is 76.0 Å². The molecule has 0 saturated carbocycles. The lowest BCUT2D eigenvalue weighted by molar-refractivity contribution is -0.129. The van der Waals surface area contributed by atoms with Crippen LogP contribution in [0.4, 0.5) is 0 Å². The van der Waals surface area contributed by atoms with Gasteiger partial charge in [0.1, 0.15) is 11.5 Å². The molecule has 0 bridgehead atoms. The van der Waals surface area contributed by atoms with Gasteiger partial charge in [0.05, 0.1) is 19.1 Å². The lowest BCUT2D eigenvalue weighted by atomic mass is 9.93. The van der Waals surface area contributed by atoms with Crippen molar-refractivity contribution in [3.63, 3.8) is 0 Å². The predicted molar refractivity (Wildman–Crippen MR) is 91.4 cm³/mol. The summed E-state index contributed by atoms with van der Waals surface area (Å²) in [5.41, 5.74) is 1.19. The Kier molecular flexibility index (Phi) is 5.16. The number of amides is 1. The van der Waals surface area contributed by atoms with Gasteiger partial charge in [0.15, 0.2) is 0 Å². The number of benzene rings is 1. The molecule has 24 heavy (non-hydrogen) atoms. The monoisotopic (exact) mass is 323 g/mol. The second kappa shape index (κ2) is 7.68. The van der Waals surface area contributed by atoms with Crippen LogP contribution in [-0.4, -0.2) is 17.4 Å². The van der Waals surface area contributed by atoms with Gasteiger partial charge in [-0.25, -0.2) is 0 Å². The van der Waals surface area contributed by atoms with Gasteiger partial charge in [0.25, 0.3) is 0 Å². The topological polar surface area (TPSA) is 46.6 Å². The summed E-state index contributed by atoms with van der Waals surface area (Å²) in [6, 6.07) is 17.9. The van der Waals surface area contributed by atoms with E-state index in [1.54, 1.807) is 24.3 Å². The van der Waals surface area contributed by atoms with Gasteiger partial charge in [0, 0.05) is 19.4 Å². The number of rotatable bonds is 7. The van der Waals surface area contributed by atoms with E-state index in [1.807, 2.05) is 42.5 Å². The minimum Gasteiger partial charge on any atom is -0.469 e. The van der Waals surface area contributed by atoms with Crippen molar-refractivity contribution >= 4 is 5.91 Å². The van der Waals surface area contributed by atoms with E-state index in [4.69, 9.17) is 8.83 Å². The zero-order valence-electron chi connectivity index (χ0n) is 13.7. The number of hydrogen-bond acceptors (Lipinski definition) is 3. The van der Waals surface area contributed by atoms with Gasteiger partial charge >= 0.3 is 0 Å². The van der Waals surface area contributed by atoms with E-state index in [0.29, 0.717) is 13.1 Å². The average molecular weight is 323 g/mol. The number of carbonyl (C=O) groups excluding carboxylic acids is 1. The van der Waals surface area contributed by atoms with Crippen LogP contribution in [0.2, 0.25) is 0 Å². The molecule has 0 unspecified atom stereocenters. The second-order valence-corrected chi connectivity index (χ2v) is 5.79. The molecule has 0 spiro atoms. The van der Waals surface area contributed by atoms with Crippen LogP contribution >= 0.6 is 0 Å². The van der Waals surface area contributed by atoms with Crippen molar-refractivity contribution in [3.05, 3.63) is 84.2 Å². The average Bonchev–Trinajstić information content (AvgIpc) is 3.28. The van der Waals surface area contributed by atoms with Gasteiger partial charge in [0.2, 0.25) is 5.91 Å². The molecule has 0 saturated heterocycles. The molecular weight excluding hydrogens is 302 g/mol. The molecule has 3 rings (SSSR count). The van der Waals surface area contributed by atoms with Crippen molar-refractivity contribution < 1.29 is 13.6 Å². The lowest BCUT2D eigenvalue weighted by Gasteiger charge is -2.23. The van der Waals surface area contributed by atoms with E-state index in [0.717, 1.165) is 17.9 Å². The van der Waals surface area contributed by atoms with Gasteiger partial charge in [-0.05, 0) is 36.2 Å². The molecule has 2 heterocycles. The molecule has 0 N–H and O–H groups in total. The highest BCUT2D eigenvalue weighted by atomic mass is 16.3. The first-order chi connectivity index (χ1) is 11.7. The molecule has 0 aliphatic carbocycles. The highest BCUT2D eigenvalue weighted by Crippen LogP contribution is 2.28. The van der Waals surface area contributed by atoms with Crippen LogP contribution in [-0.2, 0) is 11.3 Å². The van der Waals surface area contributed by atoms with Crippen LogP contribution in [0.5, 0.6) is 0 Å². The summed E-state index contributed by atoms with van der Waals surface area (Å²) in [6.07, 6.45) is 4.11. The summed E-state index contributed by atoms with van der Waals surface area (Å²) in [6.45, 7) is 2.71. The molecule has 0 radical (unpaired) electrons. The first kappa shape index (κ1) is 16.1. The number of carbonyl (C=O) groups is 1. The van der Waals surface area contributed by atoms with E-state index in [2.05, 4.69) is 12.1 Å². The summed E-state index contributed by atoms with van der Waals surface area (Å²) < 4.78 is 11.0. The highest BCUT2D eigenvalue weighted by molar-refractivity contribution is 5.73. The molecule has 1 atom stereocenters. The van der Waals surface area contributed by atoms with Crippen molar-refractivity contribution in [2.45, 2.75) is 25.8 Å². The maximum absolute atomic E-state index is 12.0. The smallest absolute Gasteiger partial charge is 0.219 e. The van der Waals surface area contributed by atoms with Crippen molar-refractivity contribution in [3.8, 4) is 0 Å². The Balaban J connectivity index is 1.73. The summed E-state index contributed by atoms with van der Waals surface area (Å²) in [5.74, 6) is 1.87. The van der Waals surface area contributed by atoms with E-state index < -0.39 is 0 Å². The molecule has 0 aliphatic heterocycles. The molecule has 0 fully saturated rings. The molecule has 124 valence electrons. The summed E-state index contributed by atoms with van der Waals surface area (Å²) >= 11 is 0. The first-order valence-electron chi connectivity index (χ1n) is 8.10. The molecule has 4 heteroatoms. The quantitative estimate of drug-likeness (QED) is 0.645. The fourth-order valence-corrected chi connectivity index (χ4v) is 2.87. The molecule has 1 amide bonds. The lowest BCUT2D eigenvalue weighted by Crippen LogP contribution is -2.30. The van der Waals surface area contributed by atoms with Crippen molar-refractivity contribution in [2.24, 2.45) is 0 Å². The van der Waals surface area contributed by atoms with Crippen LogP contribution in [0.25, 0.3) is 0 Å². The maximum Gasteiger partial charge on any atom is 0.219 e. The Hall–Kier alpha value is -2.75. The van der Waals surface area contributed by atoms with E-state index in [1.165, 1.54) is 5.56 Å². The molecule has 4 nitrogen and oxygen atoms in total. The molecule has 0 aliphatic rings. The number of hydrogen-bond donors (Lipinski definition) is 0. The summed E-state index contributed by atoms with van der Waals surface area (Å²) in [7, 11) is 0. The zero-order valence-corrected chi connectivity index (χ0v) is 13.7. The van der Waals surface area contributed by atoms with Crippen LogP contribution < -0.4 is 0 Å². The number of nitrogens with zero attached hydrogens (tertiary/aromatic N) is 1. The predicted octanol–water partition coefficient (Wildman–Crippen LogP) is 4.44. The second-order valence-electron chi connectivity index (χ2n) is 5.79. The molecule has 2 aromatic heterocycles. The van der Waals surface area contributed by atoms with Crippen LogP contribution in [0, 0.1) is 0 Å². The third-order valence-electron chi connectivity index (χ3n) is 4.15. The Bertz CT molecular complexity index is 733. The van der Waals surface area contributed by atoms with E-state index in [-0.39, 0.29) is 11.8 Å². The largest absolute Gasteiger partial charge is 0.469 e. The van der Waals surface area contributed by atoms with Crippen LogP contribution in [0.3, 0.4) is 0 Å². The van der Waals surface area contributed by atoms with Crippen molar-refractivity contribution in [2.75, 3.05) is 6.54 Å². The molecule has 3 aromatic rings. The van der Waals surface area contributed by atoms with Gasteiger partial charge < -0.3 is 13.7 Å². The normalized spacial score (nSPS) is 12.0. The van der Waals surface area contributed by atoms with E-state index in [9.17, 15) is 4.79 Å². The maximum atomic E-state index is 12.0. The Morgan fingerprint density at radius 1 is 1.00 bits per heavy atom. The summed E-state index contributed by atoms with van der Waals surface area (Å²) in [4.78, 5) is 13.8. The van der Waals surface area contributed by atoms with E-state index >= 15 is 0 Å². The third-order valence-corrected chi connectivity index (χ3v) is 4.15. The van der Waals surface area contributed by atoms with Crippen molar-refractivity contribution in [1.82, 2.24) is 4.90 Å². The standard InChI is InChI=1S/C20H21NO3/c1-16(22)21(15-18-9-5-13-23-18)12-11-19(20-10-6-14-24-20)17-7-3-2-4-8-17/h2-10,13-14,19H,11-12,15H2,1H3/t19-/m1/s1. The fraction of sp³-hybridized carbons (Fsp3) is 0.250.